The summed E-state index contributed by atoms with van der Waals surface area (Å²) in [4.78, 5) is 6.96. The van der Waals surface area contributed by atoms with E-state index >= 15 is 0 Å². The fraction of sp³-hybridized carbons (Fsp3) is 0.400. The van der Waals surface area contributed by atoms with Crippen molar-refractivity contribution in [2.75, 3.05) is 31.1 Å². The van der Waals surface area contributed by atoms with Crippen LogP contribution in [0.3, 0.4) is 0 Å². The molecule has 0 radical (unpaired) electrons. The van der Waals surface area contributed by atoms with Gasteiger partial charge in [-0.25, -0.2) is 4.98 Å². The first-order valence-corrected chi connectivity index (χ1v) is 6.72. The zero-order valence-electron chi connectivity index (χ0n) is 10.8. The molecule has 2 aromatic rings. The highest BCUT2D eigenvalue weighted by Crippen LogP contribution is 2.25. The van der Waals surface area contributed by atoms with E-state index in [1.165, 1.54) is 16.3 Å². The number of hydrogen-bond acceptors (Lipinski definition) is 3. The van der Waals surface area contributed by atoms with E-state index in [9.17, 15) is 0 Å². The lowest BCUT2D eigenvalue weighted by molar-refractivity contribution is 0.586. The second kappa shape index (κ2) is 4.94. The van der Waals surface area contributed by atoms with Crippen LogP contribution in [-0.2, 0) is 6.42 Å². The average molecular weight is 241 g/mol. The van der Waals surface area contributed by atoms with Crippen molar-refractivity contribution >= 4 is 16.6 Å². The van der Waals surface area contributed by atoms with Crippen LogP contribution in [0.5, 0.6) is 0 Å². The molecule has 0 bridgehead atoms. The number of hydrogen-bond donors (Lipinski definition) is 1. The molecule has 1 aliphatic heterocycles. The molecule has 2 heterocycles. The van der Waals surface area contributed by atoms with Crippen molar-refractivity contribution in [3.8, 4) is 0 Å². The van der Waals surface area contributed by atoms with Gasteiger partial charge < -0.3 is 10.2 Å². The van der Waals surface area contributed by atoms with Crippen LogP contribution in [0.15, 0.2) is 30.5 Å². The Kier molecular flexibility index (Phi) is 3.15. The molecule has 1 aliphatic rings. The molecule has 94 valence electrons. The fourth-order valence-corrected chi connectivity index (χ4v) is 2.56. The summed E-state index contributed by atoms with van der Waals surface area (Å²) in [5.74, 6) is 1.14. The standard InChI is InChI=1S/C15H19N3/c1-2-12-3-4-14-13(11-12)5-6-17-15(14)18-9-7-16-8-10-18/h3-6,11,16H,2,7-10H2,1H3. The van der Waals surface area contributed by atoms with Gasteiger partial charge in [0.25, 0.3) is 0 Å². The monoisotopic (exact) mass is 241 g/mol. The van der Waals surface area contributed by atoms with Gasteiger partial charge in [0.05, 0.1) is 0 Å². The summed E-state index contributed by atoms with van der Waals surface area (Å²) in [6.45, 7) is 6.37. The van der Waals surface area contributed by atoms with Crippen molar-refractivity contribution < 1.29 is 0 Å². The van der Waals surface area contributed by atoms with Crippen LogP contribution in [0.1, 0.15) is 12.5 Å². The maximum atomic E-state index is 4.58. The van der Waals surface area contributed by atoms with Crippen LogP contribution >= 0.6 is 0 Å². The minimum absolute atomic E-state index is 1.04. The van der Waals surface area contributed by atoms with Crippen molar-refractivity contribution in [3.63, 3.8) is 0 Å². The molecular weight excluding hydrogens is 222 g/mol. The van der Waals surface area contributed by atoms with Crippen molar-refractivity contribution in [1.29, 1.82) is 0 Å². The molecule has 3 nitrogen and oxygen atoms in total. The molecule has 1 aromatic carbocycles. The van der Waals surface area contributed by atoms with Gasteiger partial charge in [-0.15, -0.1) is 0 Å². The lowest BCUT2D eigenvalue weighted by Gasteiger charge is -2.29. The normalized spacial score (nSPS) is 16.2. The highest BCUT2D eigenvalue weighted by molar-refractivity contribution is 5.92. The Morgan fingerprint density at radius 3 is 2.83 bits per heavy atom. The predicted molar refractivity (Wildman–Crippen MR) is 76.2 cm³/mol. The topological polar surface area (TPSA) is 28.2 Å². The van der Waals surface area contributed by atoms with Crippen LogP contribution < -0.4 is 10.2 Å². The van der Waals surface area contributed by atoms with Gasteiger partial charge in [-0.3, -0.25) is 0 Å². The summed E-state index contributed by atoms with van der Waals surface area (Å²) in [5.41, 5.74) is 1.39. The molecule has 0 amide bonds. The maximum absolute atomic E-state index is 4.58. The number of aromatic nitrogens is 1. The third kappa shape index (κ3) is 2.06. The number of nitrogens with zero attached hydrogens (tertiary/aromatic N) is 2. The molecule has 0 saturated carbocycles. The van der Waals surface area contributed by atoms with Crippen LogP contribution in [0, 0.1) is 0 Å². The second-order valence-electron chi connectivity index (χ2n) is 4.78. The largest absolute Gasteiger partial charge is 0.354 e. The first-order valence-electron chi connectivity index (χ1n) is 6.72. The van der Waals surface area contributed by atoms with E-state index < -0.39 is 0 Å². The van der Waals surface area contributed by atoms with Gasteiger partial charge in [-0.1, -0.05) is 25.1 Å². The van der Waals surface area contributed by atoms with Gasteiger partial charge >= 0.3 is 0 Å². The molecule has 0 spiro atoms. The summed E-state index contributed by atoms with van der Waals surface area (Å²) in [7, 11) is 0. The zero-order chi connectivity index (χ0) is 12.4. The third-order valence-corrected chi connectivity index (χ3v) is 3.63. The highest BCUT2D eigenvalue weighted by Gasteiger charge is 2.14. The van der Waals surface area contributed by atoms with Gasteiger partial charge in [0.2, 0.25) is 0 Å². The molecule has 0 atom stereocenters. The van der Waals surface area contributed by atoms with Gasteiger partial charge in [-0.05, 0) is 23.4 Å². The molecule has 18 heavy (non-hydrogen) atoms. The summed E-state index contributed by atoms with van der Waals surface area (Å²) in [5, 5.41) is 5.96. The van der Waals surface area contributed by atoms with Gasteiger partial charge in [0.15, 0.2) is 0 Å². The smallest absolute Gasteiger partial charge is 0.136 e. The minimum atomic E-state index is 1.04. The Morgan fingerprint density at radius 2 is 2.06 bits per heavy atom. The van der Waals surface area contributed by atoms with Gasteiger partial charge in [-0.2, -0.15) is 0 Å². The van der Waals surface area contributed by atoms with Crippen LogP contribution in [0.2, 0.25) is 0 Å². The number of nitrogens with one attached hydrogen (secondary N) is 1. The van der Waals surface area contributed by atoms with E-state index in [1.807, 2.05) is 6.20 Å². The number of rotatable bonds is 2. The lowest BCUT2D eigenvalue weighted by atomic mass is 10.1. The molecule has 1 aromatic heterocycles. The Labute approximate surface area is 108 Å². The highest BCUT2D eigenvalue weighted by atomic mass is 15.2. The van der Waals surface area contributed by atoms with Gasteiger partial charge in [0, 0.05) is 37.8 Å². The van der Waals surface area contributed by atoms with E-state index in [-0.39, 0.29) is 0 Å². The van der Waals surface area contributed by atoms with Crippen molar-refractivity contribution in [2.45, 2.75) is 13.3 Å². The number of benzene rings is 1. The van der Waals surface area contributed by atoms with Crippen LogP contribution in [0.25, 0.3) is 10.8 Å². The molecule has 1 fully saturated rings. The summed E-state index contributed by atoms with van der Waals surface area (Å²) >= 11 is 0. The van der Waals surface area contributed by atoms with Gasteiger partial charge in [0.1, 0.15) is 5.82 Å². The predicted octanol–water partition coefficient (Wildman–Crippen LogP) is 2.21. The number of piperazine rings is 1. The molecule has 3 rings (SSSR count). The molecule has 3 heteroatoms. The van der Waals surface area contributed by atoms with Crippen molar-refractivity contribution in [1.82, 2.24) is 10.3 Å². The molecule has 0 aliphatic carbocycles. The number of fused-ring (bicyclic) bond motifs is 1. The third-order valence-electron chi connectivity index (χ3n) is 3.63. The summed E-state index contributed by atoms with van der Waals surface area (Å²) < 4.78 is 0. The van der Waals surface area contributed by atoms with E-state index in [0.717, 1.165) is 38.4 Å². The van der Waals surface area contributed by atoms with E-state index in [2.05, 4.69) is 46.4 Å². The molecule has 1 saturated heterocycles. The average Bonchev–Trinajstić information content (AvgIpc) is 2.47. The SMILES string of the molecule is CCc1ccc2c(N3CCNCC3)nccc2c1. The Hall–Kier alpha value is -1.61. The van der Waals surface area contributed by atoms with Crippen LogP contribution in [-0.4, -0.2) is 31.2 Å². The number of anilines is 1. The maximum Gasteiger partial charge on any atom is 0.136 e. The minimum Gasteiger partial charge on any atom is -0.354 e. The first-order chi connectivity index (χ1) is 8.88. The quantitative estimate of drug-likeness (QED) is 0.873. The first kappa shape index (κ1) is 11.5. The number of pyridine rings is 1. The molecular formula is C15H19N3. The fourth-order valence-electron chi connectivity index (χ4n) is 2.56. The zero-order valence-corrected chi connectivity index (χ0v) is 10.8. The van der Waals surface area contributed by atoms with Crippen LogP contribution in [0.4, 0.5) is 5.82 Å². The summed E-state index contributed by atoms with van der Waals surface area (Å²) in [6, 6.07) is 8.83. The summed E-state index contributed by atoms with van der Waals surface area (Å²) in [6.07, 6.45) is 3.01. The molecule has 1 N–H and O–H groups in total. The van der Waals surface area contributed by atoms with E-state index in [1.54, 1.807) is 0 Å². The van der Waals surface area contributed by atoms with E-state index in [0.29, 0.717) is 0 Å². The van der Waals surface area contributed by atoms with Crippen molar-refractivity contribution in [2.24, 2.45) is 0 Å². The lowest BCUT2D eigenvalue weighted by Crippen LogP contribution is -2.43. The molecule has 0 unspecified atom stereocenters. The Morgan fingerprint density at radius 1 is 1.22 bits per heavy atom. The van der Waals surface area contributed by atoms with E-state index in [4.69, 9.17) is 0 Å². The Bertz CT molecular complexity index is 544. The Balaban J connectivity index is 2.05. The number of aryl methyl sites for hydroxylation is 1. The van der Waals surface area contributed by atoms with Crippen molar-refractivity contribution in [3.05, 3.63) is 36.0 Å². The second-order valence-corrected chi connectivity index (χ2v) is 4.78.